The van der Waals surface area contributed by atoms with Gasteiger partial charge in [-0.15, -0.1) is 0 Å². The van der Waals surface area contributed by atoms with E-state index in [1.807, 2.05) is 0 Å². The highest BCUT2D eigenvalue weighted by Crippen LogP contribution is 2.22. The van der Waals surface area contributed by atoms with E-state index in [1.54, 1.807) is 0 Å². The van der Waals surface area contributed by atoms with E-state index in [-0.39, 0.29) is 11.3 Å². The van der Waals surface area contributed by atoms with Crippen molar-refractivity contribution in [2.45, 2.75) is 4.90 Å². The van der Waals surface area contributed by atoms with Gasteiger partial charge in [0.25, 0.3) is 0 Å². The first-order valence-electron chi connectivity index (χ1n) is 4.25. The minimum atomic E-state index is -1.14. The van der Waals surface area contributed by atoms with Gasteiger partial charge in [0.05, 0.1) is 5.56 Å². The third kappa shape index (κ3) is 3.35. The second kappa shape index (κ2) is 5.26. The molecule has 86 valence electrons. The molecule has 16 heavy (non-hydrogen) atoms. The SMILES string of the molecule is CNC(=O)NSc1cc(O)cc(C(=O)O)c1. The van der Waals surface area contributed by atoms with Crippen LogP contribution in [0.1, 0.15) is 10.4 Å². The number of hydrogen-bond acceptors (Lipinski definition) is 4. The van der Waals surface area contributed by atoms with Crippen LogP contribution in [-0.4, -0.2) is 29.3 Å². The van der Waals surface area contributed by atoms with Crippen LogP contribution in [0.15, 0.2) is 23.1 Å². The molecule has 0 aromatic heterocycles. The van der Waals surface area contributed by atoms with E-state index in [4.69, 9.17) is 5.11 Å². The van der Waals surface area contributed by atoms with Crippen molar-refractivity contribution in [2.75, 3.05) is 7.05 Å². The fourth-order valence-electron chi connectivity index (χ4n) is 0.922. The highest BCUT2D eigenvalue weighted by atomic mass is 32.2. The summed E-state index contributed by atoms with van der Waals surface area (Å²) in [7, 11) is 1.46. The largest absolute Gasteiger partial charge is 0.508 e. The molecule has 0 heterocycles. The van der Waals surface area contributed by atoms with Crippen molar-refractivity contribution in [1.29, 1.82) is 0 Å². The van der Waals surface area contributed by atoms with Crippen LogP contribution in [-0.2, 0) is 0 Å². The third-order valence-corrected chi connectivity index (χ3v) is 2.39. The Bertz CT molecular complexity index is 422. The first-order valence-corrected chi connectivity index (χ1v) is 5.06. The maximum Gasteiger partial charge on any atom is 0.335 e. The second-order valence-electron chi connectivity index (χ2n) is 2.80. The first-order chi connectivity index (χ1) is 7.52. The topological polar surface area (TPSA) is 98.7 Å². The Morgan fingerprint density at radius 1 is 1.31 bits per heavy atom. The molecule has 1 aromatic carbocycles. The summed E-state index contributed by atoms with van der Waals surface area (Å²) in [6.07, 6.45) is 0. The van der Waals surface area contributed by atoms with Crippen LogP contribution in [0.25, 0.3) is 0 Å². The average molecular weight is 242 g/mol. The molecular formula is C9H10N2O4S. The summed E-state index contributed by atoms with van der Waals surface area (Å²) in [6.45, 7) is 0. The number of amides is 2. The molecule has 0 radical (unpaired) electrons. The number of carboxylic acids is 1. The summed E-state index contributed by atoms with van der Waals surface area (Å²) >= 11 is 0.913. The molecule has 0 aliphatic carbocycles. The molecule has 0 aliphatic heterocycles. The molecule has 1 rings (SSSR count). The third-order valence-electron chi connectivity index (χ3n) is 1.63. The molecule has 7 heteroatoms. The number of phenols is 1. The van der Waals surface area contributed by atoms with Gasteiger partial charge in [0.15, 0.2) is 0 Å². The molecule has 0 saturated heterocycles. The van der Waals surface area contributed by atoms with Crippen LogP contribution in [0, 0.1) is 0 Å². The Morgan fingerprint density at radius 2 is 2.00 bits per heavy atom. The second-order valence-corrected chi connectivity index (χ2v) is 3.68. The lowest BCUT2D eigenvalue weighted by atomic mass is 10.2. The number of aromatic hydroxyl groups is 1. The smallest absolute Gasteiger partial charge is 0.335 e. The van der Waals surface area contributed by atoms with Gasteiger partial charge in [-0.2, -0.15) is 0 Å². The Morgan fingerprint density at radius 3 is 2.56 bits per heavy atom. The van der Waals surface area contributed by atoms with Crippen molar-refractivity contribution in [2.24, 2.45) is 0 Å². The van der Waals surface area contributed by atoms with Crippen LogP contribution in [0.4, 0.5) is 4.79 Å². The van der Waals surface area contributed by atoms with E-state index in [1.165, 1.54) is 19.2 Å². The van der Waals surface area contributed by atoms with Gasteiger partial charge in [0.1, 0.15) is 5.75 Å². The summed E-state index contributed by atoms with van der Waals surface area (Å²) in [5, 5.41) is 20.3. The molecule has 2 amide bonds. The maximum atomic E-state index is 10.9. The van der Waals surface area contributed by atoms with Gasteiger partial charge >= 0.3 is 12.0 Å². The Hall–Kier alpha value is -1.89. The fraction of sp³-hybridized carbons (Fsp3) is 0.111. The molecule has 1 aromatic rings. The lowest BCUT2D eigenvalue weighted by Crippen LogP contribution is -2.27. The minimum Gasteiger partial charge on any atom is -0.508 e. The maximum absolute atomic E-state index is 10.9. The zero-order valence-electron chi connectivity index (χ0n) is 8.35. The molecule has 0 bridgehead atoms. The molecule has 0 spiro atoms. The summed E-state index contributed by atoms with van der Waals surface area (Å²) < 4.78 is 2.40. The molecule has 0 saturated carbocycles. The Balaban J connectivity index is 2.80. The van der Waals surface area contributed by atoms with Gasteiger partial charge in [-0.25, -0.2) is 9.59 Å². The van der Waals surface area contributed by atoms with Gasteiger partial charge in [0.2, 0.25) is 0 Å². The fourth-order valence-corrected chi connectivity index (χ4v) is 1.60. The molecule has 6 nitrogen and oxygen atoms in total. The van der Waals surface area contributed by atoms with E-state index in [2.05, 4.69) is 10.0 Å². The number of carboxylic acid groups (broad SMARTS) is 1. The van der Waals surface area contributed by atoms with Gasteiger partial charge < -0.3 is 15.5 Å². The Labute approximate surface area is 95.8 Å². The van der Waals surface area contributed by atoms with Crippen molar-refractivity contribution >= 4 is 23.9 Å². The lowest BCUT2D eigenvalue weighted by molar-refractivity contribution is 0.0696. The molecule has 0 fully saturated rings. The van der Waals surface area contributed by atoms with Crippen LogP contribution in [0.5, 0.6) is 5.75 Å². The van der Waals surface area contributed by atoms with Gasteiger partial charge in [-0.05, 0) is 30.1 Å². The lowest BCUT2D eigenvalue weighted by Gasteiger charge is -2.05. The van der Waals surface area contributed by atoms with Crippen LogP contribution in [0.2, 0.25) is 0 Å². The molecular weight excluding hydrogens is 232 g/mol. The van der Waals surface area contributed by atoms with Gasteiger partial charge in [-0.3, -0.25) is 4.72 Å². The normalized spacial score (nSPS) is 9.56. The van der Waals surface area contributed by atoms with E-state index >= 15 is 0 Å². The van der Waals surface area contributed by atoms with E-state index < -0.39 is 12.0 Å². The van der Waals surface area contributed by atoms with Crippen molar-refractivity contribution in [3.63, 3.8) is 0 Å². The number of carbonyl (C=O) groups is 2. The molecule has 4 N–H and O–H groups in total. The van der Waals surface area contributed by atoms with Crippen molar-refractivity contribution in [3.8, 4) is 5.75 Å². The number of carbonyl (C=O) groups excluding carboxylic acids is 1. The van der Waals surface area contributed by atoms with Gasteiger partial charge in [0, 0.05) is 11.9 Å². The van der Waals surface area contributed by atoms with Crippen molar-refractivity contribution in [1.82, 2.24) is 10.0 Å². The molecule has 0 atom stereocenters. The number of urea groups is 1. The standard InChI is InChI=1S/C9H10N2O4S/c1-10-9(15)11-16-7-3-5(8(13)14)2-6(12)4-7/h2-4,12H,1H3,(H,13,14)(H2,10,11,15). The number of phenolic OH excluding ortho intramolecular Hbond substituents is 1. The number of rotatable bonds is 3. The summed E-state index contributed by atoms with van der Waals surface area (Å²) in [5.74, 6) is -1.31. The van der Waals surface area contributed by atoms with E-state index in [0.29, 0.717) is 4.90 Å². The number of benzene rings is 1. The summed E-state index contributed by atoms with van der Waals surface area (Å²) in [6, 6.07) is 3.42. The highest BCUT2D eigenvalue weighted by molar-refractivity contribution is 7.98. The monoisotopic (exact) mass is 242 g/mol. The van der Waals surface area contributed by atoms with Crippen molar-refractivity contribution in [3.05, 3.63) is 23.8 Å². The quantitative estimate of drug-likeness (QED) is 0.593. The van der Waals surface area contributed by atoms with Crippen LogP contribution >= 0.6 is 11.9 Å². The zero-order valence-corrected chi connectivity index (χ0v) is 9.17. The van der Waals surface area contributed by atoms with Crippen LogP contribution < -0.4 is 10.0 Å². The van der Waals surface area contributed by atoms with E-state index in [0.717, 1.165) is 18.0 Å². The average Bonchev–Trinajstić information content (AvgIpc) is 2.25. The minimum absolute atomic E-state index is 0.0405. The van der Waals surface area contributed by atoms with Crippen LogP contribution in [0.3, 0.4) is 0 Å². The molecule has 0 unspecified atom stereocenters. The number of hydrogen-bond donors (Lipinski definition) is 4. The summed E-state index contributed by atoms with van der Waals surface area (Å²) in [5.41, 5.74) is -0.0405. The predicted molar refractivity (Wildman–Crippen MR) is 58.5 cm³/mol. The number of nitrogens with one attached hydrogen (secondary N) is 2. The number of aromatic carboxylic acids is 1. The zero-order chi connectivity index (χ0) is 12.1. The Kier molecular flexibility index (Phi) is 4.01. The predicted octanol–water partition coefficient (Wildman–Crippen LogP) is 1.03. The summed E-state index contributed by atoms with van der Waals surface area (Å²) in [4.78, 5) is 22.0. The highest BCUT2D eigenvalue weighted by Gasteiger charge is 2.07. The van der Waals surface area contributed by atoms with Crippen molar-refractivity contribution < 1.29 is 19.8 Å². The van der Waals surface area contributed by atoms with Gasteiger partial charge in [-0.1, -0.05) is 0 Å². The van der Waals surface area contributed by atoms with E-state index in [9.17, 15) is 14.7 Å². The first kappa shape index (κ1) is 12.2. The molecule has 0 aliphatic rings.